The van der Waals surface area contributed by atoms with E-state index in [1.165, 1.54) is 24.3 Å². The molecule has 2 aromatic rings. The first-order valence-electron chi connectivity index (χ1n) is 8.84. The fourth-order valence-electron chi connectivity index (χ4n) is 3.71. The minimum Gasteiger partial charge on any atom is -0.463 e. The van der Waals surface area contributed by atoms with E-state index in [4.69, 9.17) is 4.74 Å². The molecule has 0 amide bonds. The van der Waals surface area contributed by atoms with Gasteiger partial charge in [0.2, 0.25) is 6.04 Å². The lowest BCUT2D eigenvalue weighted by Crippen LogP contribution is -2.39. The highest BCUT2D eigenvalue weighted by molar-refractivity contribution is 5.90. The molecule has 1 aliphatic rings. The number of carbonyl (C=O) groups is 1. The maximum Gasteiger partial charge on any atom is 0.334 e. The topological polar surface area (TPSA) is 69.4 Å². The van der Waals surface area contributed by atoms with Gasteiger partial charge in [0.05, 0.1) is 18.4 Å². The van der Waals surface area contributed by atoms with Crippen LogP contribution in [0.1, 0.15) is 36.3 Å². The highest BCUT2D eigenvalue weighted by atomic mass is 19.1. The number of hydrogen-bond acceptors (Lipinski definition) is 4. The van der Waals surface area contributed by atoms with Gasteiger partial charge in [0.1, 0.15) is 5.82 Å². The van der Waals surface area contributed by atoms with Crippen LogP contribution in [0.25, 0.3) is 0 Å². The van der Waals surface area contributed by atoms with Crippen molar-refractivity contribution in [3.8, 4) is 0 Å². The molecule has 0 saturated carbocycles. The number of nitrogens with zero attached hydrogens (tertiary/aromatic N) is 1. The Bertz CT molecular complexity index is 848. The van der Waals surface area contributed by atoms with E-state index >= 15 is 0 Å². The molecule has 0 aromatic heterocycles. The molecule has 0 fully saturated rings. The van der Waals surface area contributed by atoms with Gasteiger partial charge in [-0.1, -0.05) is 48.5 Å². The maximum atomic E-state index is 13.4. The Morgan fingerprint density at radius 2 is 1.81 bits per heavy atom. The van der Waals surface area contributed by atoms with Crippen LogP contribution in [0, 0.1) is 15.9 Å². The SMILES string of the molecule is CCOC(=O)C1=CC[C@@H](c2ccccc2)[C@H]([N+](=O)[O-])[C@H]1c1ccc(F)cc1. The quantitative estimate of drug-likeness (QED) is 0.449. The summed E-state index contributed by atoms with van der Waals surface area (Å²) in [5.41, 5.74) is 1.63. The van der Waals surface area contributed by atoms with Crippen molar-refractivity contribution in [2.75, 3.05) is 6.61 Å². The number of rotatable bonds is 5. The molecule has 0 aliphatic heterocycles. The van der Waals surface area contributed by atoms with Crippen LogP contribution in [-0.4, -0.2) is 23.5 Å². The molecule has 27 heavy (non-hydrogen) atoms. The summed E-state index contributed by atoms with van der Waals surface area (Å²) < 4.78 is 18.5. The summed E-state index contributed by atoms with van der Waals surface area (Å²) >= 11 is 0. The van der Waals surface area contributed by atoms with Crippen molar-refractivity contribution in [2.45, 2.75) is 31.2 Å². The summed E-state index contributed by atoms with van der Waals surface area (Å²) in [5.74, 6) is -2.20. The average molecular weight is 369 g/mol. The molecule has 0 unspecified atom stereocenters. The molecule has 0 N–H and O–H groups in total. The van der Waals surface area contributed by atoms with Crippen LogP contribution >= 0.6 is 0 Å². The van der Waals surface area contributed by atoms with Crippen LogP contribution in [0.2, 0.25) is 0 Å². The first-order chi connectivity index (χ1) is 13.0. The standard InChI is InChI=1S/C21H20FNO4/c1-2-27-21(24)18-13-12-17(14-6-4-3-5-7-14)20(23(25)26)19(18)15-8-10-16(22)11-9-15/h3-11,13,17,19-20H,2,12H2,1H3/t17-,19-,20-/m0/s1. The normalized spacial score (nSPS) is 22.0. The van der Waals surface area contributed by atoms with E-state index in [1.807, 2.05) is 30.3 Å². The number of benzene rings is 2. The van der Waals surface area contributed by atoms with Crippen LogP contribution in [0.15, 0.2) is 66.2 Å². The first-order valence-corrected chi connectivity index (χ1v) is 8.84. The Balaban J connectivity index is 2.12. The predicted molar refractivity (Wildman–Crippen MR) is 98.4 cm³/mol. The maximum absolute atomic E-state index is 13.4. The summed E-state index contributed by atoms with van der Waals surface area (Å²) in [6.07, 6.45) is 2.09. The molecule has 0 saturated heterocycles. The summed E-state index contributed by atoms with van der Waals surface area (Å²) in [5, 5.41) is 12.1. The second kappa shape index (κ2) is 8.12. The fraction of sp³-hybridized carbons (Fsp3) is 0.286. The van der Waals surface area contributed by atoms with E-state index in [9.17, 15) is 19.3 Å². The van der Waals surface area contributed by atoms with Crippen molar-refractivity contribution in [2.24, 2.45) is 0 Å². The van der Waals surface area contributed by atoms with Gasteiger partial charge in [0.15, 0.2) is 0 Å². The molecule has 0 heterocycles. The Morgan fingerprint density at radius 3 is 2.41 bits per heavy atom. The van der Waals surface area contributed by atoms with Gasteiger partial charge in [-0.3, -0.25) is 10.1 Å². The minimum atomic E-state index is -1.05. The van der Waals surface area contributed by atoms with Crippen molar-refractivity contribution >= 4 is 5.97 Å². The van der Waals surface area contributed by atoms with E-state index in [2.05, 4.69) is 0 Å². The molecule has 0 bridgehead atoms. The van der Waals surface area contributed by atoms with Gasteiger partial charge in [0, 0.05) is 10.5 Å². The monoisotopic (exact) mass is 369 g/mol. The molecular weight excluding hydrogens is 349 g/mol. The lowest BCUT2D eigenvalue weighted by atomic mass is 9.71. The lowest BCUT2D eigenvalue weighted by molar-refractivity contribution is -0.530. The van der Waals surface area contributed by atoms with E-state index in [1.54, 1.807) is 13.0 Å². The van der Waals surface area contributed by atoms with E-state index in [-0.39, 0.29) is 17.1 Å². The van der Waals surface area contributed by atoms with Crippen LogP contribution in [0.4, 0.5) is 4.39 Å². The van der Waals surface area contributed by atoms with Crippen LogP contribution in [0.3, 0.4) is 0 Å². The Labute approximate surface area is 156 Å². The number of nitro groups is 1. The zero-order chi connectivity index (χ0) is 19.4. The molecule has 0 radical (unpaired) electrons. The third-order valence-corrected chi connectivity index (χ3v) is 4.89. The van der Waals surface area contributed by atoms with E-state index < -0.39 is 29.7 Å². The van der Waals surface area contributed by atoms with Crippen molar-refractivity contribution in [1.29, 1.82) is 0 Å². The molecule has 1 aliphatic carbocycles. The van der Waals surface area contributed by atoms with E-state index in [0.29, 0.717) is 12.0 Å². The molecule has 140 valence electrons. The molecule has 3 rings (SSSR count). The minimum absolute atomic E-state index is 0.178. The molecular formula is C21H20FNO4. The van der Waals surface area contributed by atoms with Gasteiger partial charge in [-0.05, 0) is 36.6 Å². The summed E-state index contributed by atoms with van der Waals surface area (Å²) in [7, 11) is 0. The predicted octanol–water partition coefficient (Wildman–Crippen LogP) is 4.23. The van der Waals surface area contributed by atoms with Gasteiger partial charge in [-0.2, -0.15) is 0 Å². The molecule has 0 spiro atoms. The summed E-state index contributed by atoms with van der Waals surface area (Å²) in [6, 6.07) is 13.7. The van der Waals surface area contributed by atoms with Crippen molar-refractivity contribution < 1.29 is 18.8 Å². The third-order valence-electron chi connectivity index (χ3n) is 4.89. The number of esters is 1. The number of ether oxygens (including phenoxy) is 1. The number of hydrogen-bond donors (Lipinski definition) is 0. The fourth-order valence-corrected chi connectivity index (χ4v) is 3.71. The zero-order valence-corrected chi connectivity index (χ0v) is 14.9. The highest BCUT2D eigenvalue weighted by Gasteiger charge is 2.47. The van der Waals surface area contributed by atoms with E-state index in [0.717, 1.165) is 5.56 Å². The number of allylic oxidation sites excluding steroid dienone is 1. The Morgan fingerprint density at radius 1 is 1.15 bits per heavy atom. The van der Waals surface area contributed by atoms with Crippen LogP contribution in [-0.2, 0) is 9.53 Å². The largest absolute Gasteiger partial charge is 0.463 e. The molecule has 3 atom stereocenters. The average Bonchev–Trinajstić information content (AvgIpc) is 2.68. The molecule has 2 aromatic carbocycles. The second-order valence-corrected chi connectivity index (χ2v) is 6.44. The highest BCUT2D eigenvalue weighted by Crippen LogP contribution is 2.43. The smallest absolute Gasteiger partial charge is 0.334 e. The number of halogens is 1. The van der Waals surface area contributed by atoms with Gasteiger partial charge in [0.25, 0.3) is 0 Å². The first kappa shape index (κ1) is 18.8. The Hall–Kier alpha value is -3.02. The summed E-state index contributed by atoms with van der Waals surface area (Å²) in [4.78, 5) is 24.2. The lowest BCUT2D eigenvalue weighted by Gasteiger charge is -2.32. The third kappa shape index (κ3) is 3.89. The van der Waals surface area contributed by atoms with Gasteiger partial charge in [-0.25, -0.2) is 9.18 Å². The van der Waals surface area contributed by atoms with Gasteiger partial charge < -0.3 is 4.74 Å². The van der Waals surface area contributed by atoms with Crippen molar-refractivity contribution in [3.63, 3.8) is 0 Å². The number of carbonyl (C=O) groups excluding carboxylic acids is 1. The second-order valence-electron chi connectivity index (χ2n) is 6.44. The van der Waals surface area contributed by atoms with Gasteiger partial charge in [-0.15, -0.1) is 0 Å². The van der Waals surface area contributed by atoms with Crippen LogP contribution < -0.4 is 0 Å². The molecule has 5 nitrogen and oxygen atoms in total. The Kier molecular flexibility index (Phi) is 5.64. The van der Waals surface area contributed by atoms with Gasteiger partial charge >= 0.3 is 5.97 Å². The molecule has 6 heteroatoms. The van der Waals surface area contributed by atoms with Crippen LogP contribution in [0.5, 0.6) is 0 Å². The van der Waals surface area contributed by atoms with Crippen molar-refractivity contribution in [3.05, 3.63) is 93.3 Å². The summed E-state index contributed by atoms with van der Waals surface area (Å²) in [6.45, 7) is 1.86. The zero-order valence-electron chi connectivity index (χ0n) is 14.9. The van der Waals surface area contributed by atoms with Crippen molar-refractivity contribution in [1.82, 2.24) is 0 Å².